The van der Waals surface area contributed by atoms with Gasteiger partial charge in [0, 0.05) is 5.69 Å². The lowest BCUT2D eigenvalue weighted by Gasteiger charge is -2.15. The second kappa shape index (κ2) is 10.2. The highest BCUT2D eigenvalue weighted by molar-refractivity contribution is 5.97. The normalized spacial score (nSPS) is 11.4. The van der Waals surface area contributed by atoms with E-state index in [1.807, 2.05) is 18.2 Å². The topological polar surface area (TPSA) is 84.5 Å². The van der Waals surface area contributed by atoms with Crippen LogP contribution in [-0.4, -0.2) is 30.9 Å². The summed E-state index contributed by atoms with van der Waals surface area (Å²) < 4.78 is 18.4. The number of hydrogen-bond donors (Lipinski definition) is 2. The average Bonchev–Trinajstić information content (AvgIpc) is 2.70. The van der Waals surface area contributed by atoms with Gasteiger partial charge < -0.3 is 15.4 Å². The molecule has 6 nitrogen and oxygen atoms in total. The van der Waals surface area contributed by atoms with Crippen LogP contribution < -0.4 is 10.6 Å². The lowest BCUT2D eigenvalue weighted by atomic mass is 9.97. The van der Waals surface area contributed by atoms with E-state index in [-0.39, 0.29) is 11.5 Å². The van der Waals surface area contributed by atoms with E-state index in [0.29, 0.717) is 5.69 Å². The Balaban J connectivity index is 1.81. The summed E-state index contributed by atoms with van der Waals surface area (Å²) in [5.41, 5.74) is 1.50. The number of para-hydroxylation sites is 1. The quantitative estimate of drug-likeness (QED) is 0.682. The molecule has 2 aromatic carbocycles. The minimum absolute atomic E-state index is 0.172. The molecule has 0 spiro atoms. The van der Waals surface area contributed by atoms with Crippen molar-refractivity contribution in [2.75, 3.05) is 18.5 Å². The van der Waals surface area contributed by atoms with Crippen molar-refractivity contribution < 1.29 is 23.5 Å². The Kier molecular flexibility index (Phi) is 7.68. The minimum Gasteiger partial charge on any atom is -0.454 e. The first-order valence-electron chi connectivity index (χ1n) is 8.99. The van der Waals surface area contributed by atoms with E-state index in [9.17, 15) is 18.8 Å². The molecule has 0 fully saturated rings. The molecule has 148 valence electrons. The van der Waals surface area contributed by atoms with Crippen molar-refractivity contribution in [2.45, 2.75) is 26.2 Å². The van der Waals surface area contributed by atoms with E-state index in [4.69, 9.17) is 4.74 Å². The summed E-state index contributed by atoms with van der Waals surface area (Å²) in [6, 6.07) is 12.9. The number of hydrogen-bond acceptors (Lipinski definition) is 4. The van der Waals surface area contributed by atoms with Gasteiger partial charge in [0.05, 0.1) is 5.56 Å². The van der Waals surface area contributed by atoms with Gasteiger partial charge in [-0.3, -0.25) is 14.4 Å². The summed E-state index contributed by atoms with van der Waals surface area (Å²) in [5, 5.41) is 4.99. The third-order valence-electron chi connectivity index (χ3n) is 4.25. The Labute approximate surface area is 163 Å². The zero-order chi connectivity index (χ0) is 20.5. The summed E-state index contributed by atoms with van der Waals surface area (Å²) in [4.78, 5) is 35.6. The molecule has 0 bridgehead atoms. The number of carbonyl (C=O) groups excluding carboxylic acids is 3. The summed E-state index contributed by atoms with van der Waals surface area (Å²) in [5.74, 6) is -2.43. The molecule has 2 N–H and O–H groups in total. The maximum atomic E-state index is 13.5. The number of anilines is 1. The largest absolute Gasteiger partial charge is 0.454 e. The molecule has 7 heteroatoms. The standard InChI is InChI=1S/C21H23FN2O4/c1-3-14(2)15-8-5-7-11-18(15)24-19(25)13-28-20(26)12-23-21(27)16-9-4-6-10-17(16)22/h4-11,14H,3,12-13H2,1-2H3,(H,23,27)(H,24,25)/t14-/m0/s1. The van der Waals surface area contributed by atoms with Crippen LogP contribution in [-0.2, 0) is 14.3 Å². The Bertz CT molecular complexity index is 854. The lowest BCUT2D eigenvalue weighted by molar-refractivity contribution is -0.146. The van der Waals surface area contributed by atoms with E-state index in [0.717, 1.165) is 18.1 Å². The highest BCUT2D eigenvalue weighted by Gasteiger charge is 2.15. The Morgan fingerprint density at radius 3 is 2.46 bits per heavy atom. The molecule has 0 unspecified atom stereocenters. The number of nitrogens with one attached hydrogen (secondary N) is 2. The number of ether oxygens (including phenoxy) is 1. The number of amides is 2. The lowest BCUT2D eigenvalue weighted by Crippen LogP contribution is -2.32. The molecule has 2 aromatic rings. The van der Waals surface area contributed by atoms with E-state index in [1.54, 1.807) is 6.07 Å². The first-order chi connectivity index (χ1) is 13.4. The molecule has 0 aliphatic heterocycles. The van der Waals surface area contributed by atoms with Crippen LogP contribution in [0.3, 0.4) is 0 Å². The molecule has 0 radical (unpaired) electrons. The molecule has 2 amide bonds. The Morgan fingerprint density at radius 1 is 1.07 bits per heavy atom. The maximum Gasteiger partial charge on any atom is 0.325 e. The fourth-order valence-corrected chi connectivity index (χ4v) is 2.54. The molecule has 28 heavy (non-hydrogen) atoms. The van der Waals surface area contributed by atoms with Gasteiger partial charge in [0.1, 0.15) is 12.4 Å². The van der Waals surface area contributed by atoms with Gasteiger partial charge in [0.2, 0.25) is 0 Å². The van der Waals surface area contributed by atoms with Crippen molar-refractivity contribution in [2.24, 2.45) is 0 Å². The van der Waals surface area contributed by atoms with Gasteiger partial charge in [-0.1, -0.05) is 44.2 Å². The summed E-state index contributed by atoms with van der Waals surface area (Å²) in [6.07, 6.45) is 0.920. The predicted octanol–water partition coefficient (Wildman–Crippen LogP) is 3.25. The second-order valence-corrected chi connectivity index (χ2v) is 6.27. The first-order valence-corrected chi connectivity index (χ1v) is 8.99. The van der Waals surface area contributed by atoms with Crippen LogP contribution in [0.2, 0.25) is 0 Å². The third kappa shape index (κ3) is 5.90. The van der Waals surface area contributed by atoms with E-state index >= 15 is 0 Å². The number of benzene rings is 2. The van der Waals surface area contributed by atoms with Gasteiger partial charge in [0.25, 0.3) is 11.8 Å². The van der Waals surface area contributed by atoms with E-state index in [2.05, 4.69) is 24.5 Å². The number of rotatable bonds is 8. The van der Waals surface area contributed by atoms with Crippen LogP contribution in [0.5, 0.6) is 0 Å². The zero-order valence-corrected chi connectivity index (χ0v) is 15.8. The Hall–Kier alpha value is -3.22. The molecular formula is C21H23FN2O4. The van der Waals surface area contributed by atoms with E-state index < -0.39 is 36.8 Å². The molecule has 0 saturated carbocycles. The maximum absolute atomic E-state index is 13.5. The van der Waals surface area contributed by atoms with Crippen molar-refractivity contribution in [1.29, 1.82) is 0 Å². The number of esters is 1. The number of carbonyl (C=O) groups is 3. The summed E-state index contributed by atoms with van der Waals surface area (Å²) in [6.45, 7) is 3.16. The van der Waals surface area contributed by atoms with Crippen molar-refractivity contribution >= 4 is 23.5 Å². The number of halogens is 1. The fourth-order valence-electron chi connectivity index (χ4n) is 2.54. The molecule has 2 rings (SSSR count). The van der Waals surface area contributed by atoms with Crippen molar-refractivity contribution in [3.05, 3.63) is 65.5 Å². The molecule has 0 heterocycles. The fraction of sp³-hybridized carbons (Fsp3) is 0.286. The van der Waals surface area contributed by atoms with Gasteiger partial charge >= 0.3 is 5.97 Å². The molecule has 0 saturated heterocycles. The molecule has 0 aliphatic carbocycles. The summed E-state index contributed by atoms with van der Waals surface area (Å²) in [7, 11) is 0. The van der Waals surface area contributed by atoms with E-state index in [1.165, 1.54) is 18.2 Å². The molecular weight excluding hydrogens is 363 g/mol. The van der Waals surface area contributed by atoms with Crippen LogP contribution in [0.25, 0.3) is 0 Å². The molecule has 1 atom stereocenters. The van der Waals surface area contributed by atoms with Gasteiger partial charge in [-0.05, 0) is 36.1 Å². The average molecular weight is 386 g/mol. The van der Waals surface area contributed by atoms with Crippen molar-refractivity contribution in [3.63, 3.8) is 0 Å². The summed E-state index contributed by atoms with van der Waals surface area (Å²) >= 11 is 0. The van der Waals surface area contributed by atoms with Crippen LogP contribution in [0.15, 0.2) is 48.5 Å². The van der Waals surface area contributed by atoms with Crippen molar-refractivity contribution in [1.82, 2.24) is 5.32 Å². The van der Waals surface area contributed by atoms with Gasteiger partial charge in [-0.25, -0.2) is 4.39 Å². The Morgan fingerprint density at radius 2 is 1.75 bits per heavy atom. The van der Waals surface area contributed by atoms with Crippen LogP contribution >= 0.6 is 0 Å². The highest BCUT2D eigenvalue weighted by Crippen LogP contribution is 2.26. The van der Waals surface area contributed by atoms with Gasteiger partial charge in [0.15, 0.2) is 6.61 Å². The van der Waals surface area contributed by atoms with Crippen molar-refractivity contribution in [3.8, 4) is 0 Å². The molecule has 0 aromatic heterocycles. The zero-order valence-electron chi connectivity index (χ0n) is 15.8. The van der Waals surface area contributed by atoms with Gasteiger partial charge in [-0.15, -0.1) is 0 Å². The second-order valence-electron chi connectivity index (χ2n) is 6.27. The molecule has 0 aliphatic rings. The van der Waals surface area contributed by atoms with Crippen LogP contribution in [0, 0.1) is 5.82 Å². The van der Waals surface area contributed by atoms with Crippen LogP contribution in [0.1, 0.15) is 42.1 Å². The monoisotopic (exact) mass is 386 g/mol. The van der Waals surface area contributed by atoms with Gasteiger partial charge in [-0.2, -0.15) is 0 Å². The van der Waals surface area contributed by atoms with Crippen LogP contribution in [0.4, 0.5) is 10.1 Å². The smallest absolute Gasteiger partial charge is 0.325 e. The SMILES string of the molecule is CC[C@H](C)c1ccccc1NC(=O)COC(=O)CNC(=O)c1ccccc1F. The highest BCUT2D eigenvalue weighted by atomic mass is 19.1. The third-order valence-corrected chi connectivity index (χ3v) is 4.25. The first kappa shape index (κ1) is 21.1. The minimum atomic E-state index is -0.796. The predicted molar refractivity (Wildman–Crippen MR) is 103 cm³/mol.